The van der Waals surface area contributed by atoms with Crippen LogP contribution in [0.3, 0.4) is 0 Å². The monoisotopic (exact) mass is 281 g/mol. The normalized spacial score (nSPS) is 12.5. The molecule has 1 aromatic rings. The van der Waals surface area contributed by atoms with Gasteiger partial charge < -0.3 is 5.73 Å². The lowest BCUT2D eigenvalue weighted by molar-refractivity contribution is 0.284. The van der Waals surface area contributed by atoms with Crippen molar-refractivity contribution in [1.29, 1.82) is 0 Å². The Morgan fingerprint density at radius 3 is 2.29 bits per heavy atom. The Hall–Kier alpha value is -1.16. The van der Waals surface area contributed by atoms with Crippen LogP contribution in [-0.4, -0.2) is 33.7 Å². The van der Waals surface area contributed by atoms with Crippen LogP contribution in [0.25, 0.3) is 0 Å². The minimum absolute atomic E-state index is 0.0688. The quantitative estimate of drug-likeness (QED) is 0.568. The standard InChI is InChI=1S/C8H11NO6S2/c9-7-3-1-2-4-8(7)16(10,11)6-5-15-17(12,13)14/h1-4H,5-6,9H2,(H,12,13,14). The number of hydrogen-bond acceptors (Lipinski definition) is 6. The Labute approximate surface area is 99.1 Å². The molecule has 0 bridgehead atoms. The van der Waals surface area contributed by atoms with Gasteiger partial charge in [0.15, 0.2) is 9.84 Å². The van der Waals surface area contributed by atoms with Crippen LogP contribution in [-0.2, 0) is 24.4 Å². The Morgan fingerprint density at radius 2 is 1.76 bits per heavy atom. The fraction of sp³-hybridized carbons (Fsp3) is 0.250. The van der Waals surface area contributed by atoms with E-state index in [4.69, 9.17) is 10.3 Å². The van der Waals surface area contributed by atoms with Gasteiger partial charge in [-0.05, 0) is 12.1 Å². The van der Waals surface area contributed by atoms with E-state index in [-0.39, 0.29) is 10.6 Å². The third-order valence-corrected chi connectivity index (χ3v) is 4.05. The van der Waals surface area contributed by atoms with E-state index in [2.05, 4.69) is 4.18 Å². The van der Waals surface area contributed by atoms with Gasteiger partial charge in [0.05, 0.1) is 22.9 Å². The zero-order chi connectivity index (χ0) is 13.1. The van der Waals surface area contributed by atoms with Crippen LogP contribution in [0.2, 0.25) is 0 Å². The highest BCUT2D eigenvalue weighted by Crippen LogP contribution is 2.18. The van der Waals surface area contributed by atoms with E-state index in [0.717, 1.165) is 0 Å². The highest BCUT2D eigenvalue weighted by atomic mass is 32.3. The van der Waals surface area contributed by atoms with Crippen LogP contribution in [0.4, 0.5) is 5.69 Å². The molecule has 0 aliphatic rings. The van der Waals surface area contributed by atoms with Crippen molar-refractivity contribution in [3.8, 4) is 0 Å². The molecule has 0 radical (unpaired) electrons. The molecule has 96 valence electrons. The average molecular weight is 281 g/mol. The second-order valence-corrected chi connectivity index (χ2v) is 6.28. The van der Waals surface area contributed by atoms with Crippen molar-refractivity contribution in [3.63, 3.8) is 0 Å². The van der Waals surface area contributed by atoms with Crippen molar-refractivity contribution < 1.29 is 25.6 Å². The van der Waals surface area contributed by atoms with Crippen molar-refractivity contribution in [3.05, 3.63) is 24.3 Å². The summed E-state index contributed by atoms with van der Waals surface area (Å²) in [6, 6.07) is 5.78. The maximum absolute atomic E-state index is 11.7. The zero-order valence-corrected chi connectivity index (χ0v) is 10.2. The van der Waals surface area contributed by atoms with Crippen LogP contribution in [0.5, 0.6) is 0 Å². The lowest BCUT2D eigenvalue weighted by Crippen LogP contribution is -2.16. The smallest absolute Gasteiger partial charge is 0.397 e. The summed E-state index contributed by atoms with van der Waals surface area (Å²) in [5, 5.41) is 0. The molecule has 0 unspecified atom stereocenters. The molecule has 0 saturated heterocycles. The first-order valence-electron chi connectivity index (χ1n) is 4.41. The lowest BCUT2D eigenvalue weighted by Gasteiger charge is -2.06. The van der Waals surface area contributed by atoms with Gasteiger partial charge in [0.25, 0.3) is 0 Å². The van der Waals surface area contributed by atoms with E-state index < -0.39 is 32.6 Å². The second-order valence-electron chi connectivity index (χ2n) is 3.11. The minimum Gasteiger partial charge on any atom is -0.398 e. The summed E-state index contributed by atoms with van der Waals surface area (Å²) in [5.74, 6) is -0.596. The van der Waals surface area contributed by atoms with E-state index in [1.165, 1.54) is 18.2 Å². The molecule has 0 aliphatic heterocycles. The summed E-state index contributed by atoms with van der Waals surface area (Å²) in [7, 11) is -8.37. The van der Waals surface area contributed by atoms with Gasteiger partial charge in [0, 0.05) is 0 Å². The SMILES string of the molecule is Nc1ccccc1S(=O)(=O)CCOS(=O)(=O)O. The molecule has 9 heteroatoms. The van der Waals surface area contributed by atoms with E-state index in [1.54, 1.807) is 6.07 Å². The zero-order valence-electron chi connectivity index (χ0n) is 8.61. The van der Waals surface area contributed by atoms with E-state index in [9.17, 15) is 16.8 Å². The predicted octanol–water partition coefficient (Wildman–Crippen LogP) is -0.138. The second kappa shape index (κ2) is 5.00. The number of sulfone groups is 1. The van der Waals surface area contributed by atoms with Gasteiger partial charge in [-0.2, -0.15) is 8.42 Å². The number of nitrogen functional groups attached to an aromatic ring is 1. The number of nitrogens with two attached hydrogens (primary N) is 1. The molecule has 0 spiro atoms. The molecule has 17 heavy (non-hydrogen) atoms. The Morgan fingerprint density at radius 1 is 1.18 bits per heavy atom. The number of benzene rings is 1. The summed E-state index contributed by atoms with van der Waals surface area (Å²) in [6.07, 6.45) is 0. The third kappa shape index (κ3) is 4.30. The summed E-state index contributed by atoms with van der Waals surface area (Å²) in [4.78, 5) is -0.0982. The molecule has 0 saturated carbocycles. The van der Waals surface area contributed by atoms with E-state index in [1.807, 2.05) is 0 Å². The van der Waals surface area contributed by atoms with Gasteiger partial charge in [-0.3, -0.25) is 4.55 Å². The lowest BCUT2D eigenvalue weighted by atomic mass is 10.3. The van der Waals surface area contributed by atoms with Crippen molar-refractivity contribution >= 4 is 25.9 Å². The van der Waals surface area contributed by atoms with Gasteiger partial charge in [-0.1, -0.05) is 12.1 Å². The summed E-state index contributed by atoms with van der Waals surface area (Å²) in [6.45, 7) is -0.671. The van der Waals surface area contributed by atoms with Crippen LogP contribution in [0.15, 0.2) is 29.2 Å². The van der Waals surface area contributed by atoms with Gasteiger partial charge >= 0.3 is 10.4 Å². The fourth-order valence-corrected chi connectivity index (χ4v) is 2.76. The van der Waals surface area contributed by atoms with Crippen molar-refractivity contribution in [1.82, 2.24) is 0 Å². The van der Waals surface area contributed by atoms with Gasteiger partial charge in [0.2, 0.25) is 0 Å². The molecule has 0 aromatic heterocycles. The van der Waals surface area contributed by atoms with Crippen LogP contribution < -0.4 is 5.73 Å². The third-order valence-electron chi connectivity index (χ3n) is 1.84. The predicted molar refractivity (Wildman–Crippen MR) is 60.4 cm³/mol. The topological polar surface area (TPSA) is 124 Å². The highest BCUT2D eigenvalue weighted by Gasteiger charge is 2.18. The molecular weight excluding hydrogens is 270 g/mol. The first kappa shape index (κ1) is 13.9. The van der Waals surface area contributed by atoms with E-state index >= 15 is 0 Å². The maximum Gasteiger partial charge on any atom is 0.397 e. The molecule has 7 nitrogen and oxygen atoms in total. The minimum atomic E-state index is -4.63. The molecule has 1 aromatic carbocycles. The van der Waals surface area contributed by atoms with Gasteiger partial charge in [0.1, 0.15) is 0 Å². The highest BCUT2D eigenvalue weighted by molar-refractivity contribution is 7.91. The molecule has 0 heterocycles. The number of para-hydroxylation sites is 1. The van der Waals surface area contributed by atoms with Crippen molar-refractivity contribution in [2.45, 2.75) is 4.90 Å². The summed E-state index contributed by atoms with van der Waals surface area (Å²) in [5.41, 5.74) is 5.55. The molecular formula is C8H11NO6S2. The van der Waals surface area contributed by atoms with Gasteiger partial charge in [-0.25, -0.2) is 12.6 Å². The largest absolute Gasteiger partial charge is 0.398 e. The Kier molecular flexibility index (Phi) is 4.09. The van der Waals surface area contributed by atoms with Crippen LogP contribution in [0.1, 0.15) is 0 Å². The van der Waals surface area contributed by atoms with Gasteiger partial charge in [-0.15, -0.1) is 0 Å². The maximum atomic E-state index is 11.7. The summed E-state index contributed by atoms with van der Waals surface area (Å²) >= 11 is 0. The molecule has 0 atom stereocenters. The average Bonchev–Trinajstić information content (AvgIpc) is 2.15. The van der Waals surface area contributed by atoms with Crippen molar-refractivity contribution in [2.75, 3.05) is 18.1 Å². The molecule has 0 amide bonds. The summed E-state index contributed by atoms with van der Waals surface area (Å²) < 4.78 is 56.1. The number of anilines is 1. The fourth-order valence-electron chi connectivity index (χ4n) is 1.12. The van der Waals surface area contributed by atoms with E-state index in [0.29, 0.717) is 0 Å². The first-order valence-corrected chi connectivity index (χ1v) is 7.43. The Bertz CT molecular complexity index is 592. The van der Waals surface area contributed by atoms with Crippen molar-refractivity contribution in [2.24, 2.45) is 0 Å². The molecule has 0 aliphatic carbocycles. The molecule has 1 rings (SSSR count). The number of rotatable bonds is 5. The molecule has 0 fully saturated rings. The Balaban J connectivity index is 2.81. The number of hydrogen-bond donors (Lipinski definition) is 2. The van der Waals surface area contributed by atoms with Crippen LogP contribution in [0, 0.1) is 0 Å². The first-order chi connectivity index (χ1) is 7.72. The van der Waals surface area contributed by atoms with Crippen LogP contribution >= 0.6 is 0 Å². The molecule has 3 N–H and O–H groups in total.